The number of nitrogens with one attached hydrogen (secondary N) is 1. The monoisotopic (exact) mass is 277 g/mol. The van der Waals surface area contributed by atoms with Crippen molar-refractivity contribution in [2.45, 2.75) is 58.9 Å². The molecule has 1 saturated heterocycles. The van der Waals surface area contributed by atoms with Crippen LogP contribution in [0.25, 0.3) is 0 Å². The minimum Gasteiger partial charge on any atom is -0.353 e. The van der Waals surface area contributed by atoms with Crippen LogP contribution in [-0.2, 0) is 5.41 Å². The molecule has 0 aliphatic carbocycles. The molecular formula is C15H27N5. The van der Waals surface area contributed by atoms with E-state index in [0.717, 1.165) is 18.2 Å². The first-order valence-corrected chi connectivity index (χ1v) is 7.45. The van der Waals surface area contributed by atoms with Crippen LogP contribution >= 0.6 is 0 Å². The lowest BCUT2D eigenvalue weighted by Crippen LogP contribution is -2.43. The highest BCUT2D eigenvalue weighted by atomic mass is 15.3. The smallest absolute Gasteiger partial charge is 0.145 e. The molecule has 20 heavy (non-hydrogen) atoms. The topological polar surface area (TPSA) is 67.1 Å². The molecule has 1 aromatic heterocycles. The molecule has 112 valence electrons. The molecule has 2 atom stereocenters. The number of rotatable bonds is 2. The average Bonchev–Trinajstić information content (AvgIpc) is 2.40. The van der Waals surface area contributed by atoms with Crippen LogP contribution in [0.5, 0.6) is 0 Å². The molecule has 2 rings (SSSR count). The molecule has 0 aromatic carbocycles. The first kappa shape index (κ1) is 15.0. The SMILES string of the molecule is CC1CCCN(c2cc(NN)nc(C(C)(C)C)n2)C1C. The van der Waals surface area contributed by atoms with Gasteiger partial charge in [0, 0.05) is 24.1 Å². The second-order valence-corrected chi connectivity index (χ2v) is 6.88. The second kappa shape index (κ2) is 5.56. The molecule has 0 saturated carbocycles. The second-order valence-electron chi connectivity index (χ2n) is 6.88. The van der Waals surface area contributed by atoms with Crippen LogP contribution in [0.15, 0.2) is 6.07 Å². The van der Waals surface area contributed by atoms with Crippen LogP contribution in [0.1, 0.15) is 53.3 Å². The number of hydrogen-bond donors (Lipinski definition) is 2. The van der Waals surface area contributed by atoms with Crippen molar-refractivity contribution in [1.82, 2.24) is 9.97 Å². The standard InChI is InChI=1S/C15H27N5/c1-10-7-6-8-20(11(10)2)13-9-12(19-16)17-14(18-13)15(3,4)5/h9-11H,6-8,16H2,1-5H3,(H,17,18,19). The van der Waals surface area contributed by atoms with Gasteiger partial charge in [-0.05, 0) is 25.7 Å². The van der Waals surface area contributed by atoms with Crippen LogP contribution in [-0.4, -0.2) is 22.6 Å². The summed E-state index contributed by atoms with van der Waals surface area (Å²) < 4.78 is 0. The third kappa shape index (κ3) is 3.03. The van der Waals surface area contributed by atoms with Crippen LogP contribution in [0, 0.1) is 5.92 Å². The van der Waals surface area contributed by atoms with E-state index in [1.54, 1.807) is 0 Å². The average molecular weight is 277 g/mol. The Kier molecular flexibility index (Phi) is 4.18. The van der Waals surface area contributed by atoms with E-state index in [0.29, 0.717) is 17.8 Å². The van der Waals surface area contributed by atoms with E-state index in [4.69, 9.17) is 10.8 Å². The van der Waals surface area contributed by atoms with Gasteiger partial charge < -0.3 is 10.3 Å². The van der Waals surface area contributed by atoms with Gasteiger partial charge in [0.1, 0.15) is 17.5 Å². The van der Waals surface area contributed by atoms with Gasteiger partial charge in [-0.3, -0.25) is 0 Å². The van der Waals surface area contributed by atoms with Gasteiger partial charge >= 0.3 is 0 Å². The lowest BCUT2D eigenvalue weighted by molar-refractivity contribution is 0.360. The Labute approximate surface area is 121 Å². The number of nitrogen functional groups attached to an aromatic ring is 1. The minimum absolute atomic E-state index is 0.0910. The van der Waals surface area contributed by atoms with E-state index in [1.165, 1.54) is 12.8 Å². The number of nitrogens with zero attached hydrogens (tertiary/aromatic N) is 3. The lowest BCUT2D eigenvalue weighted by Gasteiger charge is -2.39. The fourth-order valence-corrected chi connectivity index (χ4v) is 2.65. The van der Waals surface area contributed by atoms with Gasteiger partial charge in [-0.1, -0.05) is 27.7 Å². The zero-order chi connectivity index (χ0) is 14.9. The predicted octanol–water partition coefficient (Wildman–Crippen LogP) is 2.68. The summed E-state index contributed by atoms with van der Waals surface area (Å²) in [5, 5.41) is 0. The maximum absolute atomic E-state index is 5.56. The first-order valence-electron chi connectivity index (χ1n) is 7.45. The van der Waals surface area contributed by atoms with E-state index in [9.17, 15) is 0 Å². The van der Waals surface area contributed by atoms with Crippen LogP contribution in [0.4, 0.5) is 11.6 Å². The van der Waals surface area contributed by atoms with Gasteiger partial charge in [0.2, 0.25) is 0 Å². The maximum Gasteiger partial charge on any atom is 0.145 e. The van der Waals surface area contributed by atoms with Crippen molar-refractivity contribution in [2.75, 3.05) is 16.9 Å². The molecule has 0 radical (unpaired) electrons. The number of hydrazine groups is 1. The molecule has 1 aliphatic rings. The predicted molar refractivity (Wildman–Crippen MR) is 83.7 cm³/mol. The number of anilines is 2. The summed E-state index contributed by atoms with van der Waals surface area (Å²) in [6.45, 7) is 12.0. The molecule has 1 aromatic rings. The molecule has 5 heteroatoms. The molecule has 1 fully saturated rings. The normalized spacial score (nSPS) is 23.8. The summed E-state index contributed by atoms with van der Waals surface area (Å²) >= 11 is 0. The van der Waals surface area contributed by atoms with Crippen LogP contribution < -0.4 is 16.2 Å². The van der Waals surface area contributed by atoms with Crippen molar-refractivity contribution in [2.24, 2.45) is 11.8 Å². The van der Waals surface area contributed by atoms with Crippen molar-refractivity contribution in [3.05, 3.63) is 11.9 Å². The van der Waals surface area contributed by atoms with Crippen LogP contribution in [0.3, 0.4) is 0 Å². The van der Waals surface area contributed by atoms with Crippen molar-refractivity contribution < 1.29 is 0 Å². The van der Waals surface area contributed by atoms with Crippen LogP contribution in [0.2, 0.25) is 0 Å². The zero-order valence-electron chi connectivity index (χ0n) is 13.3. The van der Waals surface area contributed by atoms with Gasteiger partial charge in [0.15, 0.2) is 0 Å². The minimum atomic E-state index is -0.0910. The highest BCUT2D eigenvalue weighted by Gasteiger charge is 2.27. The first-order chi connectivity index (χ1) is 9.32. The summed E-state index contributed by atoms with van der Waals surface area (Å²) in [7, 11) is 0. The molecule has 0 bridgehead atoms. The maximum atomic E-state index is 5.56. The fraction of sp³-hybridized carbons (Fsp3) is 0.733. The lowest BCUT2D eigenvalue weighted by atomic mass is 9.92. The Hall–Kier alpha value is -1.36. The Morgan fingerprint density at radius 3 is 2.60 bits per heavy atom. The highest BCUT2D eigenvalue weighted by Crippen LogP contribution is 2.30. The largest absolute Gasteiger partial charge is 0.353 e. The van der Waals surface area contributed by atoms with Gasteiger partial charge in [-0.25, -0.2) is 15.8 Å². The van der Waals surface area contributed by atoms with E-state index >= 15 is 0 Å². The van der Waals surface area contributed by atoms with Crippen molar-refractivity contribution in [3.63, 3.8) is 0 Å². The Balaban J connectivity index is 2.40. The summed E-state index contributed by atoms with van der Waals surface area (Å²) in [6, 6.07) is 2.45. The number of piperidine rings is 1. The Bertz CT molecular complexity index is 466. The van der Waals surface area contributed by atoms with E-state index in [1.807, 2.05) is 6.07 Å². The molecule has 2 heterocycles. The van der Waals surface area contributed by atoms with E-state index in [2.05, 4.69) is 49.9 Å². The molecule has 1 aliphatic heterocycles. The molecule has 2 unspecified atom stereocenters. The van der Waals surface area contributed by atoms with Crippen molar-refractivity contribution in [1.29, 1.82) is 0 Å². The quantitative estimate of drug-likeness (QED) is 0.642. The number of nitrogens with two attached hydrogens (primary N) is 1. The third-order valence-corrected chi connectivity index (χ3v) is 4.20. The summed E-state index contributed by atoms with van der Waals surface area (Å²) in [4.78, 5) is 11.6. The summed E-state index contributed by atoms with van der Waals surface area (Å²) in [5.41, 5.74) is 2.58. The molecular weight excluding hydrogens is 250 g/mol. The van der Waals surface area contributed by atoms with Crippen molar-refractivity contribution >= 4 is 11.6 Å². The fourth-order valence-electron chi connectivity index (χ4n) is 2.65. The molecule has 0 amide bonds. The Morgan fingerprint density at radius 2 is 2.00 bits per heavy atom. The van der Waals surface area contributed by atoms with Crippen molar-refractivity contribution in [3.8, 4) is 0 Å². The van der Waals surface area contributed by atoms with Gasteiger partial charge in [-0.2, -0.15) is 0 Å². The number of hydrogen-bond acceptors (Lipinski definition) is 5. The molecule has 0 spiro atoms. The zero-order valence-corrected chi connectivity index (χ0v) is 13.3. The third-order valence-electron chi connectivity index (χ3n) is 4.20. The van der Waals surface area contributed by atoms with E-state index in [-0.39, 0.29) is 5.41 Å². The molecule has 5 nitrogen and oxygen atoms in total. The number of aromatic nitrogens is 2. The van der Waals surface area contributed by atoms with Gasteiger partial charge in [0.05, 0.1) is 0 Å². The van der Waals surface area contributed by atoms with Gasteiger partial charge in [-0.15, -0.1) is 0 Å². The van der Waals surface area contributed by atoms with Gasteiger partial charge in [0.25, 0.3) is 0 Å². The highest BCUT2D eigenvalue weighted by molar-refractivity contribution is 5.50. The Morgan fingerprint density at radius 1 is 1.30 bits per heavy atom. The van der Waals surface area contributed by atoms with E-state index < -0.39 is 0 Å². The molecule has 3 N–H and O–H groups in total. The summed E-state index contributed by atoms with van der Waals surface area (Å²) in [6.07, 6.45) is 2.50. The summed E-state index contributed by atoms with van der Waals surface area (Å²) in [5.74, 6) is 8.75.